The van der Waals surface area contributed by atoms with E-state index in [4.69, 9.17) is 0 Å². The molecule has 3 N–H and O–H groups in total. The van der Waals surface area contributed by atoms with Crippen molar-refractivity contribution in [1.29, 1.82) is 0 Å². The minimum Gasteiger partial charge on any atom is -0.355 e. The Hall–Kier alpha value is -3.80. The van der Waals surface area contributed by atoms with Gasteiger partial charge >= 0.3 is 0 Å². The summed E-state index contributed by atoms with van der Waals surface area (Å²) >= 11 is 0. The average Bonchev–Trinajstić information content (AvgIpc) is 3.56. The largest absolute Gasteiger partial charge is 0.355 e. The lowest BCUT2D eigenvalue weighted by molar-refractivity contribution is -0.138. The first-order valence-corrected chi connectivity index (χ1v) is 17.4. The van der Waals surface area contributed by atoms with Gasteiger partial charge in [-0.05, 0) is 87.6 Å². The summed E-state index contributed by atoms with van der Waals surface area (Å²) < 4.78 is 17.4. The molecule has 4 rings (SSSR count). The maximum atomic E-state index is 15.8. The van der Waals surface area contributed by atoms with Crippen LogP contribution in [0.1, 0.15) is 102 Å². The molecule has 2 fully saturated rings. The number of halogens is 1. The van der Waals surface area contributed by atoms with Crippen LogP contribution in [0.15, 0.2) is 30.5 Å². The summed E-state index contributed by atoms with van der Waals surface area (Å²) in [7, 11) is 2.01. The second kappa shape index (κ2) is 16.1. The van der Waals surface area contributed by atoms with Crippen LogP contribution in [0.5, 0.6) is 0 Å². The van der Waals surface area contributed by atoms with Gasteiger partial charge in [-0.2, -0.15) is 5.10 Å². The van der Waals surface area contributed by atoms with Crippen molar-refractivity contribution in [1.82, 2.24) is 30.2 Å². The van der Waals surface area contributed by atoms with E-state index in [9.17, 15) is 19.2 Å². The number of anilines is 1. The number of rotatable bonds is 12. The zero-order chi connectivity index (χ0) is 35.2. The van der Waals surface area contributed by atoms with Gasteiger partial charge in [-0.15, -0.1) is 0 Å². The molecule has 1 saturated heterocycles. The molecule has 1 aliphatic heterocycles. The molecular formula is C36H54FN7O4. The molecule has 48 heavy (non-hydrogen) atoms. The van der Waals surface area contributed by atoms with Crippen LogP contribution >= 0.6 is 0 Å². The lowest BCUT2D eigenvalue weighted by Gasteiger charge is -2.37. The first-order valence-electron chi connectivity index (χ1n) is 17.4. The molecule has 4 amide bonds. The van der Waals surface area contributed by atoms with Gasteiger partial charge in [0, 0.05) is 51.4 Å². The molecule has 1 aromatic carbocycles. The van der Waals surface area contributed by atoms with Crippen molar-refractivity contribution in [2.24, 2.45) is 17.3 Å². The zero-order valence-electron chi connectivity index (χ0n) is 29.6. The second-order valence-corrected chi connectivity index (χ2v) is 14.6. The van der Waals surface area contributed by atoms with Crippen LogP contribution in [0.3, 0.4) is 0 Å². The lowest BCUT2D eigenvalue weighted by atomic mass is 9.71. The Labute approximate surface area is 284 Å². The first kappa shape index (κ1) is 37.0. The fourth-order valence-electron chi connectivity index (χ4n) is 6.72. The number of amides is 4. The third-order valence-electron chi connectivity index (χ3n) is 10.2. The molecule has 12 heteroatoms. The van der Waals surface area contributed by atoms with Gasteiger partial charge in [-0.3, -0.25) is 23.9 Å². The van der Waals surface area contributed by atoms with Gasteiger partial charge in [0.25, 0.3) is 5.91 Å². The quantitative estimate of drug-likeness (QED) is 0.304. The molecule has 1 aliphatic carbocycles. The van der Waals surface area contributed by atoms with Gasteiger partial charge in [0.05, 0.1) is 11.6 Å². The fraction of sp³-hybridized carbons (Fsp3) is 0.639. The van der Waals surface area contributed by atoms with Gasteiger partial charge in [0.1, 0.15) is 17.6 Å². The highest BCUT2D eigenvalue weighted by Crippen LogP contribution is 2.39. The Morgan fingerprint density at radius 3 is 2.29 bits per heavy atom. The van der Waals surface area contributed by atoms with Crippen molar-refractivity contribution < 1.29 is 23.6 Å². The van der Waals surface area contributed by atoms with Crippen LogP contribution in [0.4, 0.5) is 10.1 Å². The predicted octanol–water partition coefficient (Wildman–Crippen LogP) is 4.58. The molecule has 264 valence electrons. The Balaban J connectivity index is 1.53. The number of hydrogen-bond donors (Lipinski definition) is 3. The smallest absolute Gasteiger partial charge is 0.270 e. The molecule has 1 unspecified atom stereocenters. The van der Waals surface area contributed by atoms with E-state index >= 15 is 4.39 Å². The van der Waals surface area contributed by atoms with E-state index < -0.39 is 35.5 Å². The molecule has 1 saturated carbocycles. The predicted molar refractivity (Wildman–Crippen MR) is 184 cm³/mol. The van der Waals surface area contributed by atoms with E-state index in [1.807, 2.05) is 32.7 Å². The summed E-state index contributed by atoms with van der Waals surface area (Å²) in [5, 5.41) is 12.8. The van der Waals surface area contributed by atoms with Crippen LogP contribution < -0.4 is 16.0 Å². The van der Waals surface area contributed by atoms with Gasteiger partial charge in [-0.1, -0.05) is 33.8 Å². The van der Waals surface area contributed by atoms with Gasteiger partial charge in [0.15, 0.2) is 0 Å². The van der Waals surface area contributed by atoms with E-state index in [0.717, 1.165) is 38.8 Å². The highest BCUT2D eigenvalue weighted by molar-refractivity contribution is 6.00. The number of piperazine rings is 1. The van der Waals surface area contributed by atoms with Crippen molar-refractivity contribution in [3.8, 4) is 0 Å². The molecule has 2 aromatic rings. The first-order chi connectivity index (χ1) is 22.7. The van der Waals surface area contributed by atoms with E-state index in [1.54, 1.807) is 29.9 Å². The Kier molecular flexibility index (Phi) is 12.4. The van der Waals surface area contributed by atoms with Crippen molar-refractivity contribution in [3.63, 3.8) is 0 Å². The maximum Gasteiger partial charge on any atom is 0.270 e. The summed E-state index contributed by atoms with van der Waals surface area (Å²) in [6.07, 6.45) is 5.19. The van der Waals surface area contributed by atoms with Gasteiger partial charge < -0.3 is 25.8 Å². The van der Waals surface area contributed by atoms with Crippen LogP contribution in [0.2, 0.25) is 0 Å². The number of aromatic nitrogens is 2. The normalized spacial score (nSPS) is 19.0. The Morgan fingerprint density at radius 1 is 1.02 bits per heavy atom. The van der Waals surface area contributed by atoms with E-state index in [0.29, 0.717) is 30.8 Å². The Morgan fingerprint density at radius 2 is 1.69 bits per heavy atom. The second-order valence-electron chi connectivity index (χ2n) is 14.6. The maximum absolute atomic E-state index is 15.8. The molecule has 0 bridgehead atoms. The molecule has 2 heterocycles. The summed E-state index contributed by atoms with van der Waals surface area (Å²) in [6, 6.07) is 5.30. The van der Waals surface area contributed by atoms with Crippen molar-refractivity contribution >= 4 is 29.3 Å². The van der Waals surface area contributed by atoms with Crippen LogP contribution in [0.25, 0.3) is 0 Å². The Bertz CT molecular complexity index is 1440. The molecule has 0 spiro atoms. The topological polar surface area (TPSA) is 129 Å². The summed E-state index contributed by atoms with van der Waals surface area (Å²) in [6.45, 7) is 14.7. The molecule has 1 aromatic heterocycles. The van der Waals surface area contributed by atoms with E-state index in [1.165, 1.54) is 12.1 Å². The van der Waals surface area contributed by atoms with Crippen molar-refractivity contribution in [2.75, 3.05) is 45.1 Å². The zero-order valence-corrected chi connectivity index (χ0v) is 29.6. The number of hydrogen-bond acceptors (Lipinski definition) is 6. The number of benzene rings is 1. The van der Waals surface area contributed by atoms with Crippen LogP contribution in [-0.2, 0) is 14.4 Å². The molecule has 2 aliphatic rings. The highest BCUT2D eigenvalue weighted by atomic mass is 19.1. The summed E-state index contributed by atoms with van der Waals surface area (Å²) in [5.41, 5.74) is 1.10. The number of carbonyl (C=O) groups is 4. The summed E-state index contributed by atoms with van der Waals surface area (Å²) in [5.74, 6) is -2.84. The number of carbonyl (C=O) groups excluding carboxylic acids is 4. The third-order valence-corrected chi connectivity index (χ3v) is 10.2. The fourth-order valence-corrected chi connectivity index (χ4v) is 6.72. The minimum atomic E-state index is -0.866. The van der Waals surface area contributed by atoms with Crippen molar-refractivity contribution in [2.45, 2.75) is 91.6 Å². The minimum absolute atomic E-state index is 0.000194. The number of nitrogens with one attached hydrogen (secondary N) is 3. The SMILES string of the molecule is CCC(=O)NCC(C(=O)N1CCN(C)CC1)[C@@H](C)c1ccc(NC(=O)[C@@H](NC(=O)c2ccnn2C(C)C)C2CCC(C)(C)CC2)c(F)c1. The monoisotopic (exact) mass is 667 g/mol. The van der Waals surface area contributed by atoms with E-state index in [2.05, 4.69) is 39.8 Å². The van der Waals surface area contributed by atoms with Gasteiger partial charge in [0.2, 0.25) is 17.7 Å². The third kappa shape index (κ3) is 9.21. The standard InChI is InChI=1S/C36H54FN7O4/c1-8-31(45)38-22-27(35(48)43-19-17-42(7)18-20-43)24(4)26-9-10-29(28(37)21-26)40-34(47)32(25-11-14-36(5,6)15-12-25)41-33(46)30-13-16-39-44(30)23(2)3/h9-10,13,16,21,23-25,27,32H,8,11-12,14-15,17-20,22H2,1-7H3,(H,38,45)(H,40,47)(H,41,46)/t24-,27?,32-/m0/s1. The van der Waals surface area contributed by atoms with Crippen molar-refractivity contribution in [3.05, 3.63) is 47.5 Å². The molecular weight excluding hydrogens is 613 g/mol. The highest BCUT2D eigenvalue weighted by Gasteiger charge is 2.37. The van der Waals surface area contributed by atoms with Crippen LogP contribution in [-0.4, -0.2) is 89.0 Å². The van der Waals surface area contributed by atoms with Crippen LogP contribution in [0, 0.1) is 23.1 Å². The van der Waals surface area contributed by atoms with E-state index in [-0.39, 0.29) is 41.4 Å². The van der Waals surface area contributed by atoms with Gasteiger partial charge in [-0.25, -0.2) is 4.39 Å². The molecule has 11 nitrogen and oxygen atoms in total. The number of nitrogens with zero attached hydrogens (tertiary/aromatic N) is 4. The molecule has 3 atom stereocenters. The average molecular weight is 668 g/mol. The summed E-state index contributed by atoms with van der Waals surface area (Å²) in [4.78, 5) is 57.1. The molecule has 0 radical (unpaired) electrons. The lowest BCUT2D eigenvalue weighted by Crippen LogP contribution is -2.51. The number of likely N-dealkylation sites (N-methyl/N-ethyl adjacent to an activating group) is 1.